The van der Waals surface area contributed by atoms with E-state index in [1.54, 1.807) is 37.3 Å². The molecule has 0 aliphatic rings. The smallest absolute Gasteiger partial charge is 0.245 e. The van der Waals surface area contributed by atoms with Crippen LogP contribution in [0.5, 0.6) is 5.75 Å². The maximum Gasteiger partial charge on any atom is 0.245 e. The van der Waals surface area contributed by atoms with Crippen LogP contribution in [0.4, 0.5) is 11.4 Å². The number of nitrogens with zero attached hydrogens (tertiary/aromatic N) is 1. The molecule has 2 aromatic rings. The number of hydrogen-bond donors (Lipinski definition) is 1. The second kappa shape index (κ2) is 7.76. The van der Waals surface area contributed by atoms with Crippen molar-refractivity contribution in [1.82, 2.24) is 0 Å². The van der Waals surface area contributed by atoms with Crippen LogP contribution in [0.3, 0.4) is 0 Å². The van der Waals surface area contributed by atoms with Crippen molar-refractivity contribution in [2.75, 3.05) is 29.5 Å². The number of methoxy groups -OCH3 is 1. The van der Waals surface area contributed by atoms with E-state index >= 15 is 0 Å². The zero-order valence-electron chi connectivity index (χ0n) is 14.1. The summed E-state index contributed by atoms with van der Waals surface area (Å²) >= 11 is 6.07. The number of amides is 1. The summed E-state index contributed by atoms with van der Waals surface area (Å²) in [7, 11) is -2.31. The average Bonchev–Trinajstić information content (AvgIpc) is 2.55. The van der Waals surface area contributed by atoms with Crippen LogP contribution < -0.4 is 14.4 Å². The van der Waals surface area contributed by atoms with Crippen LogP contribution in [0.2, 0.25) is 5.02 Å². The highest BCUT2D eigenvalue weighted by Gasteiger charge is 2.25. The lowest BCUT2D eigenvalue weighted by Gasteiger charge is -2.24. The molecule has 0 saturated heterocycles. The third-order valence-corrected chi connectivity index (χ3v) is 5.01. The molecule has 6 nitrogen and oxygen atoms in total. The minimum absolute atomic E-state index is 0.259. The van der Waals surface area contributed by atoms with E-state index in [2.05, 4.69) is 5.32 Å². The molecule has 1 amide bonds. The Bertz CT molecular complexity index is 870. The van der Waals surface area contributed by atoms with E-state index in [0.717, 1.165) is 10.6 Å². The number of para-hydroxylation sites is 1. The van der Waals surface area contributed by atoms with Crippen molar-refractivity contribution in [1.29, 1.82) is 0 Å². The summed E-state index contributed by atoms with van der Waals surface area (Å²) in [6, 6.07) is 11.9. The van der Waals surface area contributed by atoms with Gasteiger partial charge in [0.05, 0.1) is 19.1 Å². The van der Waals surface area contributed by atoms with Crippen LogP contribution in [0.25, 0.3) is 0 Å². The molecule has 2 rings (SSSR count). The molecule has 0 radical (unpaired) electrons. The second-order valence-electron chi connectivity index (χ2n) is 5.46. The number of carbonyl (C=O) groups excluding carboxylic acids is 1. The summed E-state index contributed by atoms with van der Waals surface area (Å²) in [5.41, 5.74) is 1.52. The number of halogens is 1. The van der Waals surface area contributed by atoms with E-state index in [1.807, 2.05) is 6.07 Å². The topological polar surface area (TPSA) is 75.7 Å². The fourth-order valence-corrected chi connectivity index (χ4v) is 3.25. The zero-order chi connectivity index (χ0) is 18.6. The van der Waals surface area contributed by atoms with Crippen molar-refractivity contribution < 1.29 is 17.9 Å². The van der Waals surface area contributed by atoms with E-state index < -0.39 is 15.9 Å². The first-order chi connectivity index (χ1) is 11.7. The van der Waals surface area contributed by atoms with Gasteiger partial charge in [-0.3, -0.25) is 9.10 Å². The molecule has 0 fully saturated rings. The van der Waals surface area contributed by atoms with Crippen LogP contribution in [-0.2, 0) is 14.8 Å². The number of anilines is 2. The molecule has 0 aliphatic heterocycles. The molecule has 0 unspecified atom stereocenters. The molecule has 0 bridgehead atoms. The summed E-state index contributed by atoms with van der Waals surface area (Å²) in [4.78, 5) is 12.3. The van der Waals surface area contributed by atoms with Crippen LogP contribution in [0.15, 0.2) is 42.5 Å². The Kier molecular flexibility index (Phi) is 5.92. The van der Waals surface area contributed by atoms with E-state index in [-0.39, 0.29) is 18.0 Å². The number of benzene rings is 2. The van der Waals surface area contributed by atoms with Gasteiger partial charge in [0.1, 0.15) is 12.3 Å². The summed E-state index contributed by atoms with van der Waals surface area (Å²) in [6.45, 7) is 1.36. The van der Waals surface area contributed by atoms with Gasteiger partial charge in [0.25, 0.3) is 0 Å². The van der Waals surface area contributed by atoms with Gasteiger partial charge in [0.15, 0.2) is 0 Å². The van der Waals surface area contributed by atoms with Gasteiger partial charge in [-0.15, -0.1) is 0 Å². The van der Waals surface area contributed by atoms with Gasteiger partial charge >= 0.3 is 0 Å². The average molecular weight is 383 g/mol. The lowest BCUT2D eigenvalue weighted by molar-refractivity contribution is -0.114. The lowest BCUT2D eigenvalue weighted by Crippen LogP contribution is -2.37. The predicted octanol–water partition coefficient (Wildman–Crippen LogP) is 3.06. The molecular formula is C17H19ClN2O4S. The molecular weight excluding hydrogens is 364 g/mol. The first-order valence-corrected chi connectivity index (χ1v) is 9.61. The maximum absolute atomic E-state index is 12.3. The second-order valence-corrected chi connectivity index (χ2v) is 7.77. The summed E-state index contributed by atoms with van der Waals surface area (Å²) < 4.78 is 30.7. The molecule has 0 atom stereocenters. The van der Waals surface area contributed by atoms with E-state index in [4.69, 9.17) is 16.3 Å². The highest BCUT2D eigenvalue weighted by Crippen LogP contribution is 2.34. The molecule has 8 heteroatoms. The van der Waals surface area contributed by atoms with Crippen LogP contribution >= 0.6 is 11.6 Å². The Morgan fingerprint density at radius 3 is 2.44 bits per heavy atom. The number of aryl methyl sites for hydroxylation is 1. The van der Waals surface area contributed by atoms with Crippen molar-refractivity contribution in [3.63, 3.8) is 0 Å². The minimum Gasteiger partial charge on any atom is -0.494 e. The molecule has 0 saturated carbocycles. The first-order valence-electron chi connectivity index (χ1n) is 7.39. The molecule has 2 aromatic carbocycles. The van der Waals surface area contributed by atoms with Crippen LogP contribution in [-0.4, -0.2) is 34.2 Å². The molecule has 0 aliphatic carbocycles. The van der Waals surface area contributed by atoms with Crippen molar-refractivity contribution >= 4 is 38.9 Å². The first kappa shape index (κ1) is 19.1. The fourth-order valence-electron chi connectivity index (χ4n) is 2.24. The van der Waals surface area contributed by atoms with Gasteiger partial charge < -0.3 is 10.1 Å². The molecule has 0 heterocycles. The van der Waals surface area contributed by atoms with E-state index in [9.17, 15) is 13.2 Å². The van der Waals surface area contributed by atoms with Crippen molar-refractivity contribution in [3.05, 3.63) is 53.1 Å². The standard InChI is InChI=1S/C17H19ClN2O4S/c1-12-9-15(16(24-2)10-14(12)18)20(25(3,22)23)11-17(21)19-13-7-5-4-6-8-13/h4-10H,11H2,1-3H3,(H,19,21). The number of hydrogen-bond acceptors (Lipinski definition) is 4. The summed E-state index contributed by atoms with van der Waals surface area (Å²) in [5.74, 6) is -0.195. The Hall–Kier alpha value is -2.25. The van der Waals surface area contributed by atoms with Gasteiger partial charge in [0, 0.05) is 16.8 Å². The van der Waals surface area contributed by atoms with Crippen molar-refractivity contribution in [3.8, 4) is 5.75 Å². The highest BCUT2D eigenvalue weighted by molar-refractivity contribution is 7.92. The third kappa shape index (κ3) is 4.87. The Labute approximate surface area is 152 Å². The van der Waals surface area contributed by atoms with Gasteiger partial charge in [-0.25, -0.2) is 8.42 Å². The normalized spacial score (nSPS) is 11.0. The Morgan fingerprint density at radius 2 is 1.88 bits per heavy atom. The number of sulfonamides is 1. The predicted molar refractivity (Wildman–Crippen MR) is 100 cm³/mol. The van der Waals surface area contributed by atoms with Crippen LogP contribution in [0, 0.1) is 6.92 Å². The fraction of sp³-hybridized carbons (Fsp3) is 0.235. The van der Waals surface area contributed by atoms with Gasteiger partial charge in [-0.1, -0.05) is 29.8 Å². The van der Waals surface area contributed by atoms with Crippen molar-refractivity contribution in [2.45, 2.75) is 6.92 Å². The third-order valence-electron chi connectivity index (χ3n) is 3.47. The summed E-state index contributed by atoms with van der Waals surface area (Å²) in [6.07, 6.45) is 1.03. The Balaban J connectivity index is 2.35. The van der Waals surface area contributed by atoms with Gasteiger partial charge in [-0.05, 0) is 30.7 Å². The molecule has 0 aromatic heterocycles. The zero-order valence-corrected chi connectivity index (χ0v) is 15.7. The van der Waals surface area contributed by atoms with Crippen LogP contribution in [0.1, 0.15) is 5.56 Å². The Morgan fingerprint density at radius 1 is 1.24 bits per heavy atom. The monoisotopic (exact) mass is 382 g/mol. The molecule has 25 heavy (non-hydrogen) atoms. The number of rotatable bonds is 6. The maximum atomic E-state index is 12.3. The largest absolute Gasteiger partial charge is 0.494 e. The molecule has 1 N–H and O–H groups in total. The van der Waals surface area contributed by atoms with E-state index in [0.29, 0.717) is 16.3 Å². The highest BCUT2D eigenvalue weighted by atomic mass is 35.5. The SMILES string of the molecule is COc1cc(Cl)c(C)cc1N(CC(=O)Nc1ccccc1)S(C)(=O)=O. The van der Waals surface area contributed by atoms with E-state index in [1.165, 1.54) is 13.2 Å². The van der Waals surface area contributed by atoms with Gasteiger partial charge in [-0.2, -0.15) is 0 Å². The minimum atomic E-state index is -3.72. The number of carbonyl (C=O) groups is 1. The summed E-state index contributed by atoms with van der Waals surface area (Å²) in [5, 5.41) is 3.11. The quantitative estimate of drug-likeness (QED) is 0.833. The van der Waals surface area contributed by atoms with Crippen molar-refractivity contribution in [2.24, 2.45) is 0 Å². The lowest BCUT2D eigenvalue weighted by atomic mass is 10.2. The van der Waals surface area contributed by atoms with Gasteiger partial charge in [0.2, 0.25) is 15.9 Å². The molecule has 0 spiro atoms. The molecule has 134 valence electrons. The number of nitrogens with one attached hydrogen (secondary N) is 1. The number of ether oxygens (including phenoxy) is 1.